The van der Waals surface area contributed by atoms with E-state index < -0.39 is 0 Å². The van der Waals surface area contributed by atoms with Gasteiger partial charge >= 0.3 is 0 Å². The van der Waals surface area contributed by atoms with Gasteiger partial charge in [-0.15, -0.1) is 0 Å². The van der Waals surface area contributed by atoms with Crippen molar-refractivity contribution in [1.29, 1.82) is 0 Å². The molecule has 1 N–H and O–H groups in total. The number of halogens is 1. The monoisotopic (exact) mass is 318 g/mol. The van der Waals surface area contributed by atoms with Crippen molar-refractivity contribution >= 4 is 22.6 Å². The first-order valence-corrected chi connectivity index (χ1v) is 6.38. The second kappa shape index (κ2) is 5.27. The van der Waals surface area contributed by atoms with Crippen LogP contribution in [0.25, 0.3) is 0 Å². The van der Waals surface area contributed by atoms with E-state index in [1.165, 1.54) is 9.13 Å². The average Bonchev–Trinajstić information content (AvgIpc) is 2.74. The second-order valence-corrected chi connectivity index (χ2v) is 5.20. The first kappa shape index (κ1) is 11.4. The van der Waals surface area contributed by atoms with Gasteiger partial charge in [0.1, 0.15) is 0 Å². The highest BCUT2D eigenvalue weighted by Gasteiger charge is 2.23. The molecule has 2 unspecified atom stereocenters. The van der Waals surface area contributed by atoms with Crippen LogP contribution >= 0.6 is 22.6 Å². The Bertz CT molecular complexity index is 304. The number of ether oxygens (including phenoxy) is 1. The molecule has 1 aliphatic heterocycles. The minimum atomic E-state index is -0.354. The van der Waals surface area contributed by atoms with Crippen LogP contribution in [0.5, 0.6) is 0 Å². The van der Waals surface area contributed by atoms with Crippen LogP contribution in [-0.4, -0.2) is 23.9 Å². The number of hydrogen-bond acceptors (Lipinski definition) is 2. The van der Waals surface area contributed by atoms with Crippen LogP contribution in [0, 0.1) is 3.57 Å². The van der Waals surface area contributed by atoms with E-state index in [-0.39, 0.29) is 12.2 Å². The van der Waals surface area contributed by atoms with Crippen LogP contribution in [0.2, 0.25) is 0 Å². The molecule has 0 aromatic heterocycles. The molecule has 15 heavy (non-hydrogen) atoms. The van der Waals surface area contributed by atoms with E-state index in [1.807, 2.05) is 0 Å². The van der Waals surface area contributed by atoms with Crippen LogP contribution < -0.4 is 0 Å². The lowest BCUT2D eigenvalue weighted by molar-refractivity contribution is -0.000773. The topological polar surface area (TPSA) is 29.5 Å². The van der Waals surface area contributed by atoms with Gasteiger partial charge in [0, 0.05) is 16.6 Å². The molecular weight excluding hydrogens is 303 g/mol. The fourth-order valence-corrected chi connectivity index (χ4v) is 2.26. The molecule has 2 nitrogen and oxygen atoms in total. The quantitative estimate of drug-likeness (QED) is 0.867. The van der Waals surface area contributed by atoms with Crippen molar-refractivity contribution in [3.05, 3.63) is 33.4 Å². The lowest BCUT2D eigenvalue weighted by Crippen LogP contribution is -2.27. The van der Waals surface area contributed by atoms with E-state index in [0.717, 1.165) is 19.4 Å². The maximum Gasteiger partial charge on any atom is 0.0842 e. The van der Waals surface area contributed by atoms with Crippen molar-refractivity contribution in [3.8, 4) is 0 Å². The third kappa shape index (κ3) is 3.16. The summed E-state index contributed by atoms with van der Waals surface area (Å²) in [5, 5.41) is 9.94. The summed E-state index contributed by atoms with van der Waals surface area (Å²) in [7, 11) is 0. The van der Waals surface area contributed by atoms with Crippen molar-refractivity contribution in [2.45, 2.75) is 31.5 Å². The number of aliphatic hydroxyl groups excluding tert-OH is 1. The molecule has 2 atom stereocenters. The molecule has 1 saturated heterocycles. The van der Waals surface area contributed by atoms with Gasteiger partial charge in [0.05, 0.1) is 12.2 Å². The van der Waals surface area contributed by atoms with Gasteiger partial charge in [0.2, 0.25) is 0 Å². The Balaban J connectivity index is 1.92. The van der Waals surface area contributed by atoms with Crippen molar-refractivity contribution in [1.82, 2.24) is 0 Å². The third-order valence-electron chi connectivity index (χ3n) is 2.75. The van der Waals surface area contributed by atoms with Gasteiger partial charge in [0.15, 0.2) is 0 Å². The molecule has 2 rings (SSSR count). The molecule has 0 bridgehead atoms. The first-order chi connectivity index (χ1) is 7.25. The number of aliphatic hydroxyl groups is 1. The highest BCUT2D eigenvalue weighted by molar-refractivity contribution is 14.1. The summed E-state index contributed by atoms with van der Waals surface area (Å²) in [6.07, 6.45) is 2.46. The number of benzene rings is 1. The summed E-state index contributed by atoms with van der Waals surface area (Å²) in [4.78, 5) is 0. The lowest BCUT2D eigenvalue weighted by Gasteiger charge is -2.17. The Labute approximate surface area is 104 Å². The van der Waals surface area contributed by atoms with E-state index in [2.05, 4.69) is 46.9 Å². The van der Waals surface area contributed by atoms with Gasteiger partial charge in [-0.1, -0.05) is 12.1 Å². The highest BCUT2D eigenvalue weighted by atomic mass is 127. The number of hydrogen-bond donors (Lipinski definition) is 1. The molecule has 1 aromatic rings. The minimum absolute atomic E-state index is 0.0456. The van der Waals surface area contributed by atoms with E-state index in [1.54, 1.807) is 0 Å². The smallest absolute Gasteiger partial charge is 0.0842 e. The summed E-state index contributed by atoms with van der Waals surface area (Å²) in [6, 6.07) is 8.27. The fourth-order valence-electron chi connectivity index (χ4n) is 1.90. The fraction of sp³-hybridized carbons (Fsp3) is 0.500. The van der Waals surface area contributed by atoms with E-state index in [4.69, 9.17) is 4.74 Å². The Hall–Kier alpha value is -0.130. The molecule has 1 aromatic carbocycles. The van der Waals surface area contributed by atoms with Gasteiger partial charge < -0.3 is 9.84 Å². The summed E-state index contributed by atoms with van der Waals surface area (Å²) < 4.78 is 6.68. The van der Waals surface area contributed by atoms with E-state index >= 15 is 0 Å². The Kier molecular flexibility index (Phi) is 3.99. The van der Waals surface area contributed by atoms with Crippen LogP contribution in [0.1, 0.15) is 18.4 Å². The predicted octanol–water partition coefficient (Wildman–Crippen LogP) is 2.37. The van der Waals surface area contributed by atoms with Gasteiger partial charge in [0.25, 0.3) is 0 Å². The van der Waals surface area contributed by atoms with E-state index in [9.17, 15) is 5.11 Å². The molecule has 0 amide bonds. The lowest BCUT2D eigenvalue weighted by atomic mass is 10.0. The zero-order valence-electron chi connectivity index (χ0n) is 8.53. The predicted molar refractivity (Wildman–Crippen MR) is 67.8 cm³/mol. The van der Waals surface area contributed by atoms with E-state index in [0.29, 0.717) is 6.42 Å². The summed E-state index contributed by atoms with van der Waals surface area (Å²) >= 11 is 2.28. The largest absolute Gasteiger partial charge is 0.390 e. The SMILES string of the molecule is OC(Cc1ccc(I)cc1)C1CCCO1. The Morgan fingerprint density at radius 3 is 2.73 bits per heavy atom. The third-order valence-corrected chi connectivity index (χ3v) is 3.47. The zero-order chi connectivity index (χ0) is 10.7. The number of rotatable bonds is 3. The molecule has 0 saturated carbocycles. The molecule has 0 radical (unpaired) electrons. The van der Waals surface area contributed by atoms with Crippen LogP contribution in [0.15, 0.2) is 24.3 Å². The summed E-state index contributed by atoms with van der Waals surface area (Å²) in [5.74, 6) is 0. The molecule has 1 aliphatic rings. The molecule has 1 heterocycles. The summed E-state index contributed by atoms with van der Waals surface area (Å²) in [5.41, 5.74) is 1.18. The van der Waals surface area contributed by atoms with Gasteiger partial charge in [-0.25, -0.2) is 0 Å². The molecule has 3 heteroatoms. The second-order valence-electron chi connectivity index (χ2n) is 3.95. The van der Waals surface area contributed by atoms with Crippen molar-refractivity contribution in [2.75, 3.05) is 6.61 Å². The summed E-state index contributed by atoms with van der Waals surface area (Å²) in [6.45, 7) is 0.800. The standard InChI is InChI=1S/C12H15IO2/c13-10-5-3-9(4-6-10)8-11(14)12-2-1-7-15-12/h3-6,11-12,14H,1-2,7-8H2. The normalized spacial score (nSPS) is 22.9. The van der Waals surface area contributed by atoms with Crippen molar-refractivity contribution in [3.63, 3.8) is 0 Å². The van der Waals surface area contributed by atoms with Gasteiger partial charge in [-0.2, -0.15) is 0 Å². The van der Waals surface area contributed by atoms with Crippen LogP contribution in [0.4, 0.5) is 0 Å². The van der Waals surface area contributed by atoms with Gasteiger partial charge in [-0.05, 0) is 53.1 Å². The maximum atomic E-state index is 9.94. The maximum absolute atomic E-state index is 9.94. The average molecular weight is 318 g/mol. The van der Waals surface area contributed by atoms with Crippen LogP contribution in [-0.2, 0) is 11.2 Å². The molecule has 0 aliphatic carbocycles. The molecule has 1 fully saturated rings. The van der Waals surface area contributed by atoms with Crippen LogP contribution in [0.3, 0.4) is 0 Å². The molecular formula is C12H15IO2. The van der Waals surface area contributed by atoms with Crippen molar-refractivity contribution < 1.29 is 9.84 Å². The highest BCUT2D eigenvalue weighted by Crippen LogP contribution is 2.18. The minimum Gasteiger partial charge on any atom is -0.390 e. The Morgan fingerprint density at radius 1 is 1.40 bits per heavy atom. The van der Waals surface area contributed by atoms with Crippen molar-refractivity contribution in [2.24, 2.45) is 0 Å². The zero-order valence-corrected chi connectivity index (χ0v) is 10.7. The van der Waals surface area contributed by atoms with Gasteiger partial charge in [-0.3, -0.25) is 0 Å². The molecule has 0 spiro atoms. The first-order valence-electron chi connectivity index (χ1n) is 5.30. The Morgan fingerprint density at radius 2 is 2.13 bits per heavy atom. The molecule has 82 valence electrons.